The van der Waals surface area contributed by atoms with Crippen molar-refractivity contribution < 1.29 is 4.39 Å². The average molecular weight is 170 g/mol. The quantitative estimate of drug-likeness (QED) is 0.649. The zero-order chi connectivity index (χ0) is 9.72. The summed E-state index contributed by atoms with van der Waals surface area (Å²) in [7, 11) is 0. The van der Waals surface area contributed by atoms with E-state index in [1.54, 1.807) is 20.0 Å². The highest BCUT2D eigenvalue weighted by Gasteiger charge is 2.04. The Hall–Kier alpha value is -1.12. The number of nitrogen functional groups attached to an aromatic ring is 1. The van der Waals surface area contributed by atoms with Gasteiger partial charge in [-0.1, -0.05) is 13.8 Å². The summed E-state index contributed by atoms with van der Waals surface area (Å²) >= 11 is 0. The predicted octanol–water partition coefficient (Wildman–Crippen LogP) is 2.45. The van der Waals surface area contributed by atoms with Gasteiger partial charge in [-0.05, 0) is 25.0 Å². The van der Waals surface area contributed by atoms with E-state index in [4.69, 9.17) is 5.73 Å². The van der Waals surface area contributed by atoms with Crippen molar-refractivity contribution in [2.24, 2.45) is 0 Å². The summed E-state index contributed by atoms with van der Waals surface area (Å²) in [5.41, 5.74) is 6.61. The van der Waals surface area contributed by atoms with E-state index in [0.717, 1.165) is 5.56 Å². The highest BCUT2D eigenvalue weighted by Crippen LogP contribution is 2.13. The van der Waals surface area contributed by atoms with Crippen LogP contribution in [0.5, 0.6) is 0 Å². The molecule has 0 bridgehead atoms. The molecule has 0 aliphatic rings. The molecule has 0 aliphatic heterocycles. The maximum atomic E-state index is 12.8. The van der Waals surface area contributed by atoms with E-state index >= 15 is 0 Å². The lowest BCUT2D eigenvalue weighted by atomic mass is 10.2. The van der Waals surface area contributed by atoms with Crippen molar-refractivity contribution in [2.75, 3.05) is 5.73 Å². The van der Waals surface area contributed by atoms with Gasteiger partial charge in [0.1, 0.15) is 0 Å². The predicted molar refractivity (Wildman–Crippen MR) is 49.4 cm³/mol. The first-order valence-electron chi connectivity index (χ1n) is 4.00. The molecular formula is C9H15FN2. The maximum absolute atomic E-state index is 12.8. The van der Waals surface area contributed by atoms with Crippen molar-refractivity contribution in [3.8, 4) is 0 Å². The molecule has 1 rings (SSSR count). The Balaban J connectivity index is 0.000000561. The number of pyridine rings is 1. The highest BCUT2D eigenvalue weighted by atomic mass is 19.1. The molecule has 0 spiro atoms. The molecule has 0 unspecified atom stereocenters. The van der Waals surface area contributed by atoms with Gasteiger partial charge in [0.2, 0.25) is 0 Å². The summed E-state index contributed by atoms with van der Waals surface area (Å²) in [5, 5.41) is 0. The van der Waals surface area contributed by atoms with Crippen LogP contribution in [-0.4, -0.2) is 4.98 Å². The molecule has 0 aromatic carbocycles. The molecule has 0 saturated heterocycles. The Morgan fingerprint density at radius 3 is 2.25 bits per heavy atom. The molecule has 1 heterocycles. The van der Waals surface area contributed by atoms with Crippen molar-refractivity contribution in [3.63, 3.8) is 0 Å². The van der Waals surface area contributed by atoms with Gasteiger partial charge in [-0.15, -0.1) is 0 Å². The van der Waals surface area contributed by atoms with Crippen LogP contribution >= 0.6 is 0 Å². The Labute approximate surface area is 72.6 Å². The topological polar surface area (TPSA) is 38.9 Å². The molecule has 0 radical (unpaired) electrons. The normalized spacial score (nSPS) is 8.75. The van der Waals surface area contributed by atoms with Crippen molar-refractivity contribution in [2.45, 2.75) is 27.7 Å². The van der Waals surface area contributed by atoms with Gasteiger partial charge in [0.05, 0.1) is 0 Å². The molecule has 12 heavy (non-hydrogen) atoms. The first-order chi connectivity index (χ1) is 5.63. The highest BCUT2D eigenvalue weighted by molar-refractivity contribution is 5.37. The van der Waals surface area contributed by atoms with Crippen LogP contribution in [0.4, 0.5) is 10.2 Å². The molecule has 1 aromatic rings. The van der Waals surface area contributed by atoms with Gasteiger partial charge >= 0.3 is 0 Å². The number of rotatable bonds is 0. The lowest BCUT2D eigenvalue weighted by Crippen LogP contribution is -1.98. The van der Waals surface area contributed by atoms with Crippen molar-refractivity contribution in [1.29, 1.82) is 0 Å². The van der Waals surface area contributed by atoms with Gasteiger partial charge in [0.25, 0.3) is 0 Å². The van der Waals surface area contributed by atoms with Crippen LogP contribution in [0.3, 0.4) is 0 Å². The smallest absolute Gasteiger partial charge is 0.168 e. The molecule has 0 aliphatic carbocycles. The molecular weight excluding hydrogens is 155 g/mol. The largest absolute Gasteiger partial charge is 0.381 e. The van der Waals surface area contributed by atoms with Crippen LogP contribution in [0, 0.1) is 19.7 Å². The third-order valence-corrected chi connectivity index (χ3v) is 1.54. The molecule has 0 fully saturated rings. The molecule has 2 nitrogen and oxygen atoms in total. The van der Waals surface area contributed by atoms with E-state index in [1.807, 2.05) is 13.8 Å². The molecule has 3 heteroatoms. The SMILES string of the molecule is CC.Cc1cnc(N)c(F)c1C. The minimum absolute atomic E-state index is 0.0249. The van der Waals surface area contributed by atoms with Crippen LogP contribution < -0.4 is 5.73 Å². The second-order valence-electron chi connectivity index (χ2n) is 2.27. The Bertz CT molecular complexity index is 232. The number of aromatic nitrogens is 1. The number of nitrogens with zero attached hydrogens (tertiary/aromatic N) is 1. The Morgan fingerprint density at radius 2 is 1.83 bits per heavy atom. The van der Waals surface area contributed by atoms with Crippen LogP contribution in [0.2, 0.25) is 0 Å². The fourth-order valence-electron chi connectivity index (χ4n) is 0.685. The van der Waals surface area contributed by atoms with Crippen molar-refractivity contribution in [3.05, 3.63) is 23.1 Å². The number of nitrogens with two attached hydrogens (primary N) is 1. The summed E-state index contributed by atoms with van der Waals surface area (Å²) in [4.78, 5) is 3.64. The van der Waals surface area contributed by atoms with Crippen LogP contribution in [0.15, 0.2) is 6.20 Å². The average Bonchev–Trinajstić information content (AvgIpc) is 2.12. The van der Waals surface area contributed by atoms with Gasteiger partial charge < -0.3 is 5.73 Å². The maximum Gasteiger partial charge on any atom is 0.168 e. The third-order valence-electron chi connectivity index (χ3n) is 1.54. The molecule has 2 N–H and O–H groups in total. The summed E-state index contributed by atoms with van der Waals surface area (Å²) in [5.74, 6) is -0.428. The van der Waals surface area contributed by atoms with E-state index in [9.17, 15) is 4.39 Å². The number of anilines is 1. The molecule has 68 valence electrons. The number of hydrogen-bond acceptors (Lipinski definition) is 2. The summed E-state index contributed by atoms with van der Waals surface area (Å²) in [6.07, 6.45) is 1.56. The van der Waals surface area contributed by atoms with Gasteiger partial charge in [-0.2, -0.15) is 0 Å². The second kappa shape index (κ2) is 4.70. The fraction of sp³-hybridized carbons (Fsp3) is 0.444. The number of hydrogen-bond donors (Lipinski definition) is 1. The second-order valence-corrected chi connectivity index (χ2v) is 2.27. The minimum atomic E-state index is -0.403. The zero-order valence-electron chi connectivity index (χ0n) is 7.98. The zero-order valence-corrected chi connectivity index (χ0v) is 7.98. The standard InChI is InChI=1S/C7H9FN2.C2H6/c1-4-3-10-7(9)6(8)5(4)2;1-2/h3H,1-2H3,(H2,9,10);1-2H3. The molecule has 1 aromatic heterocycles. The third kappa shape index (κ3) is 2.19. The van der Waals surface area contributed by atoms with E-state index < -0.39 is 5.82 Å². The lowest BCUT2D eigenvalue weighted by Gasteiger charge is -2.01. The van der Waals surface area contributed by atoms with Gasteiger partial charge in [0, 0.05) is 6.20 Å². The van der Waals surface area contributed by atoms with Gasteiger partial charge in [-0.25, -0.2) is 9.37 Å². The molecule has 0 saturated carbocycles. The van der Waals surface area contributed by atoms with Gasteiger partial charge in [0.15, 0.2) is 11.6 Å². The van der Waals surface area contributed by atoms with E-state index in [2.05, 4.69) is 4.98 Å². The van der Waals surface area contributed by atoms with Crippen molar-refractivity contribution >= 4 is 5.82 Å². The molecule has 0 amide bonds. The lowest BCUT2D eigenvalue weighted by molar-refractivity contribution is 0.616. The summed E-state index contributed by atoms with van der Waals surface area (Å²) < 4.78 is 12.8. The molecule has 0 atom stereocenters. The van der Waals surface area contributed by atoms with E-state index in [1.165, 1.54) is 0 Å². The Kier molecular flexibility index (Phi) is 4.26. The number of halogens is 1. The van der Waals surface area contributed by atoms with Crippen LogP contribution in [-0.2, 0) is 0 Å². The Morgan fingerprint density at radius 1 is 1.33 bits per heavy atom. The van der Waals surface area contributed by atoms with Gasteiger partial charge in [-0.3, -0.25) is 0 Å². The fourth-order valence-corrected chi connectivity index (χ4v) is 0.685. The number of aryl methyl sites for hydroxylation is 1. The van der Waals surface area contributed by atoms with E-state index in [0.29, 0.717) is 5.56 Å². The van der Waals surface area contributed by atoms with Crippen molar-refractivity contribution in [1.82, 2.24) is 4.98 Å². The van der Waals surface area contributed by atoms with Crippen LogP contribution in [0.25, 0.3) is 0 Å². The van der Waals surface area contributed by atoms with E-state index in [-0.39, 0.29) is 5.82 Å². The minimum Gasteiger partial charge on any atom is -0.381 e. The summed E-state index contributed by atoms with van der Waals surface area (Å²) in [6.45, 7) is 7.48. The first-order valence-corrected chi connectivity index (χ1v) is 4.00. The monoisotopic (exact) mass is 170 g/mol. The summed E-state index contributed by atoms with van der Waals surface area (Å²) in [6, 6.07) is 0. The van der Waals surface area contributed by atoms with Crippen LogP contribution in [0.1, 0.15) is 25.0 Å². The first kappa shape index (κ1) is 10.9.